The topological polar surface area (TPSA) is 46.2 Å². The van der Waals surface area contributed by atoms with Gasteiger partial charge in [0.15, 0.2) is 0 Å². The van der Waals surface area contributed by atoms with Crippen molar-refractivity contribution >= 4 is 33.2 Å². The number of halogens is 2. The Bertz CT molecular complexity index is 547. The number of hydrogen-bond acceptors (Lipinski definition) is 2. The Kier molecular flexibility index (Phi) is 4.22. The summed E-state index contributed by atoms with van der Waals surface area (Å²) in [5.74, 6) is 2.18. The molecule has 0 aliphatic heterocycles. The molecule has 0 atom stereocenters. The van der Waals surface area contributed by atoms with Gasteiger partial charge in [0.05, 0.1) is 11.6 Å². The molecular formula is C10H9Cl2NO2S. The summed E-state index contributed by atoms with van der Waals surface area (Å²) in [5, 5.41) is 0.487. The van der Waals surface area contributed by atoms with Gasteiger partial charge in [-0.05, 0) is 24.6 Å². The number of sulfonamides is 1. The summed E-state index contributed by atoms with van der Waals surface area (Å²) in [5.41, 5.74) is 0.632. The minimum atomic E-state index is -3.68. The van der Waals surface area contributed by atoms with Crippen LogP contribution in [-0.4, -0.2) is 15.0 Å². The third kappa shape index (κ3) is 2.89. The molecule has 86 valence electrons. The highest BCUT2D eigenvalue weighted by Crippen LogP contribution is 2.27. The number of hydrogen-bond donors (Lipinski definition) is 1. The summed E-state index contributed by atoms with van der Waals surface area (Å²) in [6, 6.07) is 2.80. The van der Waals surface area contributed by atoms with Crippen molar-refractivity contribution in [2.75, 3.05) is 6.54 Å². The zero-order valence-electron chi connectivity index (χ0n) is 8.42. The number of terminal acetylenes is 1. The Morgan fingerprint density at radius 2 is 2.00 bits per heavy atom. The van der Waals surface area contributed by atoms with Crippen molar-refractivity contribution in [1.29, 1.82) is 0 Å². The van der Waals surface area contributed by atoms with Gasteiger partial charge in [-0.3, -0.25) is 0 Å². The van der Waals surface area contributed by atoms with Crippen LogP contribution in [-0.2, 0) is 10.0 Å². The highest BCUT2D eigenvalue weighted by molar-refractivity contribution is 7.89. The van der Waals surface area contributed by atoms with Crippen LogP contribution in [0.4, 0.5) is 0 Å². The van der Waals surface area contributed by atoms with E-state index in [1.54, 1.807) is 6.92 Å². The summed E-state index contributed by atoms with van der Waals surface area (Å²) in [7, 11) is -3.68. The van der Waals surface area contributed by atoms with E-state index < -0.39 is 10.0 Å². The lowest BCUT2D eigenvalue weighted by Gasteiger charge is -2.08. The van der Waals surface area contributed by atoms with Gasteiger partial charge in [-0.1, -0.05) is 29.1 Å². The Balaban J connectivity index is 3.24. The number of benzene rings is 1. The van der Waals surface area contributed by atoms with E-state index in [0.717, 1.165) is 0 Å². The van der Waals surface area contributed by atoms with E-state index in [1.165, 1.54) is 12.1 Å². The van der Waals surface area contributed by atoms with Crippen molar-refractivity contribution < 1.29 is 8.42 Å². The first kappa shape index (κ1) is 13.3. The zero-order chi connectivity index (χ0) is 12.3. The molecule has 0 fully saturated rings. The van der Waals surface area contributed by atoms with Crippen LogP contribution < -0.4 is 4.72 Å². The number of nitrogens with one attached hydrogen (secondary N) is 1. The maximum absolute atomic E-state index is 11.7. The molecule has 1 aromatic carbocycles. The lowest BCUT2D eigenvalue weighted by Crippen LogP contribution is -2.24. The van der Waals surface area contributed by atoms with Crippen molar-refractivity contribution in [3.05, 3.63) is 27.7 Å². The Morgan fingerprint density at radius 3 is 2.56 bits per heavy atom. The van der Waals surface area contributed by atoms with E-state index in [1.807, 2.05) is 0 Å². The maximum atomic E-state index is 11.7. The monoisotopic (exact) mass is 277 g/mol. The van der Waals surface area contributed by atoms with Crippen LogP contribution in [0.15, 0.2) is 17.0 Å². The first-order chi connectivity index (χ1) is 7.38. The lowest BCUT2D eigenvalue weighted by molar-refractivity contribution is 0.586. The average Bonchev–Trinajstić information content (AvgIpc) is 2.20. The van der Waals surface area contributed by atoms with E-state index >= 15 is 0 Å². The molecule has 3 nitrogen and oxygen atoms in total. The molecule has 1 aromatic rings. The quantitative estimate of drug-likeness (QED) is 0.862. The van der Waals surface area contributed by atoms with Crippen LogP contribution in [0.1, 0.15) is 5.56 Å². The van der Waals surface area contributed by atoms with Crippen molar-refractivity contribution in [1.82, 2.24) is 4.72 Å². The van der Waals surface area contributed by atoms with Crippen molar-refractivity contribution in [2.45, 2.75) is 11.8 Å². The lowest BCUT2D eigenvalue weighted by atomic mass is 10.2. The third-order valence-electron chi connectivity index (χ3n) is 1.87. The second kappa shape index (κ2) is 5.07. The van der Waals surface area contributed by atoms with Gasteiger partial charge >= 0.3 is 0 Å². The summed E-state index contributed by atoms with van der Waals surface area (Å²) in [6.45, 7) is 1.61. The minimum absolute atomic E-state index is 0.0219. The van der Waals surface area contributed by atoms with Crippen LogP contribution in [0.25, 0.3) is 0 Å². The van der Waals surface area contributed by atoms with Crippen LogP contribution >= 0.6 is 23.2 Å². The fourth-order valence-electron chi connectivity index (χ4n) is 1.05. The van der Waals surface area contributed by atoms with Crippen LogP contribution in [0, 0.1) is 19.3 Å². The minimum Gasteiger partial charge on any atom is -0.207 e. The molecule has 0 aromatic heterocycles. The van der Waals surface area contributed by atoms with Crippen LogP contribution in [0.5, 0.6) is 0 Å². The Labute approximate surface area is 105 Å². The first-order valence-corrected chi connectivity index (χ1v) is 6.51. The van der Waals surface area contributed by atoms with Gasteiger partial charge in [-0.15, -0.1) is 6.42 Å². The first-order valence-electron chi connectivity index (χ1n) is 4.27. The highest BCUT2D eigenvalue weighted by atomic mass is 35.5. The van der Waals surface area contributed by atoms with E-state index in [2.05, 4.69) is 10.6 Å². The average molecular weight is 278 g/mol. The van der Waals surface area contributed by atoms with Gasteiger partial charge in [0.25, 0.3) is 0 Å². The van der Waals surface area contributed by atoms with Gasteiger partial charge in [-0.25, -0.2) is 8.42 Å². The SMILES string of the molecule is C#CCNS(=O)(=O)c1cc(C)c(Cl)cc1Cl. The van der Waals surface area contributed by atoms with E-state index in [9.17, 15) is 8.42 Å². The molecule has 0 amide bonds. The molecular weight excluding hydrogens is 269 g/mol. The summed E-state index contributed by atoms with van der Waals surface area (Å²) in [6.07, 6.45) is 4.97. The molecule has 1 rings (SSSR count). The van der Waals surface area contributed by atoms with Crippen molar-refractivity contribution in [3.63, 3.8) is 0 Å². The van der Waals surface area contributed by atoms with Gasteiger partial charge in [0, 0.05) is 5.02 Å². The molecule has 0 spiro atoms. The number of aryl methyl sites for hydroxylation is 1. The molecule has 0 bridgehead atoms. The Hall–Kier alpha value is -0.730. The van der Waals surface area contributed by atoms with Gasteiger partial charge in [0.2, 0.25) is 10.0 Å². The molecule has 0 saturated heterocycles. The zero-order valence-corrected chi connectivity index (χ0v) is 10.7. The third-order valence-corrected chi connectivity index (χ3v) is 4.14. The highest BCUT2D eigenvalue weighted by Gasteiger charge is 2.18. The summed E-state index contributed by atoms with van der Waals surface area (Å²) in [4.78, 5) is -0.0219. The van der Waals surface area contributed by atoms with Gasteiger partial charge in [0.1, 0.15) is 4.90 Å². The van der Waals surface area contributed by atoms with Crippen LogP contribution in [0.3, 0.4) is 0 Å². The van der Waals surface area contributed by atoms with E-state index in [0.29, 0.717) is 10.6 Å². The Morgan fingerprint density at radius 1 is 1.38 bits per heavy atom. The molecule has 0 heterocycles. The molecule has 1 N–H and O–H groups in total. The second-order valence-corrected chi connectivity index (χ2v) is 5.61. The molecule has 0 aliphatic rings. The largest absolute Gasteiger partial charge is 0.242 e. The number of rotatable bonds is 3. The van der Waals surface area contributed by atoms with E-state index in [4.69, 9.17) is 29.6 Å². The van der Waals surface area contributed by atoms with E-state index in [-0.39, 0.29) is 16.5 Å². The predicted molar refractivity (Wildman–Crippen MR) is 65.2 cm³/mol. The summed E-state index contributed by atoms with van der Waals surface area (Å²) < 4.78 is 25.7. The second-order valence-electron chi connectivity index (χ2n) is 3.06. The maximum Gasteiger partial charge on any atom is 0.242 e. The smallest absolute Gasteiger partial charge is 0.207 e. The van der Waals surface area contributed by atoms with Gasteiger partial charge < -0.3 is 0 Å². The fourth-order valence-corrected chi connectivity index (χ4v) is 2.82. The van der Waals surface area contributed by atoms with Crippen LogP contribution in [0.2, 0.25) is 10.0 Å². The standard InChI is InChI=1S/C10H9Cl2NO2S/c1-3-4-13-16(14,15)10-5-7(2)8(11)6-9(10)12/h1,5-6,13H,4H2,2H3. The predicted octanol–water partition coefficient (Wildman–Crippen LogP) is 2.21. The normalized spacial score (nSPS) is 11.1. The van der Waals surface area contributed by atoms with Gasteiger partial charge in [-0.2, -0.15) is 4.72 Å². The molecule has 6 heteroatoms. The summed E-state index contributed by atoms with van der Waals surface area (Å²) >= 11 is 11.6. The molecule has 0 unspecified atom stereocenters. The molecule has 0 aliphatic carbocycles. The fraction of sp³-hybridized carbons (Fsp3) is 0.200. The van der Waals surface area contributed by atoms with Crippen molar-refractivity contribution in [2.24, 2.45) is 0 Å². The molecule has 0 saturated carbocycles. The molecule has 0 radical (unpaired) electrons. The van der Waals surface area contributed by atoms with Crippen molar-refractivity contribution in [3.8, 4) is 12.3 Å². The molecule has 16 heavy (non-hydrogen) atoms.